The lowest BCUT2D eigenvalue weighted by atomic mass is 10.0. The number of pyridine rings is 1. The zero-order valence-electron chi connectivity index (χ0n) is 14.8. The number of hydrogen-bond acceptors (Lipinski definition) is 2. The Morgan fingerprint density at radius 3 is 2.31 bits per heavy atom. The molecule has 3 aromatic rings. The van der Waals surface area contributed by atoms with Gasteiger partial charge in [0.05, 0.1) is 4.90 Å². The number of rotatable bonds is 7. The molecule has 0 atom stereocenters. The smallest absolute Gasteiger partial charge is 0.211 e. The van der Waals surface area contributed by atoms with E-state index >= 15 is 0 Å². The second-order valence-corrected chi connectivity index (χ2v) is 8.03. The van der Waals surface area contributed by atoms with Crippen LogP contribution < -0.4 is 9.29 Å². The number of sulfonamides is 1. The molecule has 0 spiro atoms. The van der Waals surface area contributed by atoms with Crippen LogP contribution in [0.2, 0.25) is 0 Å². The van der Waals surface area contributed by atoms with E-state index < -0.39 is 10.0 Å². The highest BCUT2D eigenvalue weighted by Gasteiger charge is 2.13. The van der Waals surface area contributed by atoms with Crippen molar-refractivity contribution in [2.24, 2.45) is 0 Å². The fourth-order valence-electron chi connectivity index (χ4n) is 2.79. The van der Waals surface area contributed by atoms with Crippen molar-refractivity contribution in [3.8, 4) is 11.1 Å². The highest BCUT2D eigenvalue weighted by atomic mass is 32.2. The SMILES string of the molecule is Cc1cccc(-c2ccc(S(=O)(=O)NCCC[n+]3ccccc3)cc2)c1. The van der Waals surface area contributed by atoms with Gasteiger partial charge in [-0.15, -0.1) is 0 Å². The summed E-state index contributed by atoms with van der Waals surface area (Å²) in [6, 6.07) is 21.0. The van der Waals surface area contributed by atoms with Gasteiger partial charge in [0.1, 0.15) is 6.54 Å². The maximum Gasteiger partial charge on any atom is 0.240 e. The minimum Gasteiger partial charge on any atom is -0.211 e. The van der Waals surface area contributed by atoms with Crippen molar-refractivity contribution >= 4 is 10.0 Å². The summed E-state index contributed by atoms with van der Waals surface area (Å²) in [5.74, 6) is 0. The van der Waals surface area contributed by atoms with Crippen LogP contribution in [-0.4, -0.2) is 15.0 Å². The largest absolute Gasteiger partial charge is 0.240 e. The molecule has 26 heavy (non-hydrogen) atoms. The van der Waals surface area contributed by atoms with Crippen molar-refractivity contribution in [3.63, 3.8) is 0 Å². The summed E-state index contributed by atoms with van der Waals surface area (Å²) in [5, 5.41) is 0. The maximum absolute atomic E-state index is 12.4. The Morgan fingerprint density at radius 2 is 1.62 bits per heavy atom. The first-order valence-corrected chi connectivity index (χ1v) is 10.1. The summed E-state index contributed by atoms with van der Waals surface area (Å²) in [6.07, 6.45) is 4.67. The quantitative estimate of drug-likeness (QED) is 0.514. The normalized spacial score (nSPS) is 11.4. The molecule has 0 saturated carbocycles. The Morgan fingerprint density at radius 1 is 0.885 bits per heavy atom. The van der Waals surface area contributed by atoms with Crippen molar-refractivity contribution in [2.45, 2.75) is 24.8 Å². The summed E-state index contributed by atoms with van der Waals surface area (Å²) in [7, 11) is -3.48. The predicted molar refractivity (Wildman–Crippen MR) is 103 cm³/mol. The van der Waals surface area contributed by atoms with Gasteiger partial charge in [0.15, 0.2) is 12.4 Å². The summed E-state index contributed by atoms with van der Waals surface area (Å²) in [6.45, 7) is 3.22. The van der Waals surface area contributed by atoms with E-state index in [1.54, 1.807) is 12.1 Å². The highest BCUT2D eigenvalue weighted by Crippen LogP contribution is 2.22. The average Bonchev–Trinajstić information content (AvgIpc) is 2.66. The average molecular weight is 367 g/mol. The number of nitrogens with one attached hydrogen (secondary N) is 1. The topological polar surface area (TPSA) is 50.1 Å². The fourth-order valence-corrected chi connectivity index (χ4v) is 3.86. The predicted octanol–water partition coefficient (Wildman–Crippen LogP) is 3.32. The molecule has 2 aromatic carbocycles. The summed E-state index contributed by atoms with van der Waals surface area (Å²) in [4.78, 5) is 0.293. The molecule has 4 nitrogen and oxygen atoms in total. The molecular formula is C21H23N2O2S+. The van der Waals surface area contributed by atoms with Gasteiger partial charge in [-0.25, -0.2) is 17.7 Å². The second-order valence-electron chi connectivity index (χ2n) is 6.26. The van der Waals surface area contributed by atoms with Crippen LogP contribution in [0.25, 0.3) is 11.1 Å². The Balaban J connectivity index is 1.60. The zero-order chi connectivity index (χ0) is 18.4. The van der Waals surface area contributed by atoms with Crippen LogP contribution in [0.1, 0.15) is 12.0 Å². The first kappa shape index (κ1) is 18.3. The Hall–Kier alpha value is -2.50. The number of hydrogen-bond donors (Lipinski definition) is 1. The Kier molecular flexibility index (Phi) is 5.81. The van der Waals surface area contributed by atoms with Gasteiger partial charge in [-0.1, -0.05) is 48.0 Å². The Labute approximate surface area is 155 Å². The first-order valence-electron chi connectivity index (χ1n) is 8.65. The molecule has 0 fully saturated rings. The van der Waals surface area contributed by atoms with Gasteiger partial charge in [-0.05, 0) is 30.2 Å². The van der Waals surface area contributed by atoms with Gasteiger partial charge < -0.3 is 0 Å². The molecule has 0 unspecified atom stereocenters. The number of aromatic nitrogens is 1. The molecule has 3 rings (SSSR count). The molecule has 0 amide bonds. The van der Waals surface area contributed by atoms with Gasteiger partial charge >= 0.3 is 0 Å². The molecule has 1 aromatic heterocycles. The van der Waals surface area contributed by atoms with Crippen LogP contribution in [0, 0.1) is 6.92 Å². The molecule has 134 valence electrons. The summed E-state index contributed by atoms with van der Waals surface area (Å²) < 4.78 is 29.6. The van der Waals surface area contributed by atoms with Crippen LogP contribution >= 0.6 is 0 Å². The van der Waals surface area contributed by atoms with Crippen molar-refractivity contribution in [1.82, 2.24) is 4.72 Å². The molecule has 0 radical (unpaired) electrons. The van der Waals surface area contributed by atoms with E-state index in [4.69, 9.17) is 0 Å². The van der Waals surface area contributed by atoms with Crippen LogP contribution in [0.4, 0.5) is 0 Å². The van der Waals surface area contributed by atoms with E-state index in [0.29, 0.717) is 11.4 Å². The number of nitrogens with zero attached hydrogens (tertiary/aromatic N) is 1. The third-order valence-corrected chi connectivity index (χ3v) is 5.66. The van der Waals surface area contributed by atoms with Gasteiger partial charge in [-0.3, -0.25) is 0 Å². The molecule has 5 heteroatoms. The molecule has 0 aliphatic carbocycles. The monoisotopic (exact) mass is 367 g/mol. The zero-order valence-corrected chi connectivity index (χ0v) is 15.6. The molecule has 1 heterocycles. The van der Waals surface area contributed by atoms with E-state index in [9.17, 15) is 8.42 Å². The van der Waals surface area contributed by atoms with Gasteiger partial charge in [0, 0.05) is 25.1 Å². The minimum atomic E-state index is -3.48. The second kappa shape index (κ2) is 8.25. The third kappa shape index (κ3) is 4.77. The Bertz CT molecular complexity index is 953. The molecule has 0 saturated heterocycles. The standard InChI is InChI=1S/C21H23N2O2S/c1-18-7-5-8-20(17-18)19-9-11-21(12-10-19)26(24,25)22-13-6-16-23-14-3-2-4-15-23/h2-5,7-12,14-15,17,22H,6,13,16H2,1H3/q+1. The van der Waals surface area contributed by atoms with Crippen molar-refractivity contribution in [1.29, 1.82) is 0 Å². The molecule has 0 aliphatic heterocycles. The maximum atomic E-state index is 12.4. The lowest BCUT2D eigenvalue weighted by Gasteiger charge is -2.08. The first-order chi connectivity index (χ1) is 12.5. The van der Waals surface area contributed by atoms with Crippen molar-refractivity contribution in [3.05, 3.63) is 84.7 Å². The van der Waals surface area contributed by atoms with Crippen molar-refractivity contribution < 1.29 is 13.0 Å². The minimum absolute atomic E-state index is 0.293. The van der Waals surface area contributed by atoms with Crippen LogP contribution in [-0.2, 0) is 16.6 Å². The van der Waals surface area contributed by atoms with Crippen LogP contribution in [0.3, 0.4) is 0 Å². The van der Waals surface area contributed by atoms with E-state index in [2.05, 4.69) is 10.8 Å². The fraction of sp³-hybridized carbons (Fsp3) is 0.190. The summed E-state index contributed by atoms with van der Waals surface area (Å²) in [5.41, 5.74) is 3.27. The molecule has 0 aliphatic rings. The van der Waals surface area contributed by atoms with Crippen LogP contribution in [0.15, 0.2) is 84.0 Å². The summed E-state index contributed by atoms with van der Waals surface area (Å²) >= 11 is 0. The van der Waals surface area contributed by atoms with E-state index in [1.807, 2.05) is 72.4 Å². The number of benzene rings is 2. The molecule has 1 N–H and O–H groups in total. The third-order valence-electron chi connectivity index (χ3n) is 4.18. The van der Waals surface area contributed by atoms with Gasteiger partial charge in [0.25, 0.3) is 0 Å². The van der Waals surface area contributed by atoms with Gasteiger partial charge in [-0.2, -0.15) is 0 Å². The van der Waals surface area contributed by atoms with Crippen molar-refractivity contribution in [2.75, 3.05) is 6.54 Å². The van der Waals surface area contributed by atoms with Gasteiger partial charge in [0.2, 0.25) is 10.0 Å². The molecular weight excluding hydrogens is 344 g/mol. The van der Waals surface area contributed by atoms with Crippen LogP contribution in [0.5, 0.6) is 0 Å². The number of aryl methyl sites for hydroxylation is 2. The van der Waals surface area contributed by atoms with E-state index in [1.165, 1.54) is 5.56 Å². The lowest BCUT2D eigenvalue weighted by Crippen LogP contribution is -2.35. The highest BCUT2D eigenvalue weighted by molar-refractivity contribution is 7.89. The van der Waals surface area contributed by atoms with E-state index in [-0.39, 0.29) is 0 Å². The lowest BCUT2D eigenvalue weighted by molar-refractivity contribution is -0.697. The molecule has 0 bridgehead atoms. The van der Waals surface area contributed by atoms with E-state index in [0.717, 1.165) is 24.1 Å².